The van der Waals surface area contributed by atoms with Gasteiger partial charge in [0.25, 0.3) is 0 Å². The highest BCUT2D eigenvalue weighted by molar-refractivity contribution is 7.89. The van der Waals surface area contributed by atoms with Gasteiger partial charge in [0.2, 0.25) is 10.0 Å². The van der Waals surface area contributed by atoms with Crippen molar-refractivity contribution >= 4 is 10.0 Å². The van der Waals surface area contributed by atoms with E-state index in [4.69, 9.17) is 4.74 Å². The van der Waals surface area contributed by atoms with Crippen molar-refractivity contribution in [2.75, 3.05) is 33.3 Å². The van der Waals surface area contributed by atoms with Crippen LogP contribution < -0.4 is 4.74 Å². The molecule has 124 valence electrons. The van der Waals surface area contributed by atoms with Crippen LogP contribution in [0.25, 0.3) is 0 Å². The van der Waals surface area contributed by atoms with Crippen molar-refractivity contribution in [3.8, 4) is 5.75 Å². The van der Waals surface area contributed by atoms with E-state index >= 15 is 0 Å². The van der Waals surface area contributed by atoms with Crippen molar-refractivity contribution in [2.24, 2.45) is 0 Å². The Morgan fingerprint density at radius 2 is 1.91 bits per heavy atom. The summed E-state index contributed by atoms with van der Waals surface area (Å²) in [5.41, 5.74) is 1.59. The van der Waals surface area contributed by atoms with Gasteiger partial charge in [-0.3, -0.25) is 0 Å². The molecule has 0 radical (unpaired) electrons. The zero-order valence-electron chi connectivity index (χ0n) is 14.1. The van der Waals surface area contributed by atoms with Crippen molar-refractivity contribution in [3.63, 3.8) is 0 Å². The maximum absolute atomic E-state index is 13.0. The minimum absolute atomic E-state index is 0.0185. The first-order valence-corrected chi connectivity index (χ1v) is 9.15. The van der Waals surface area contributed by atoms with Gasteiger partial charge in [-0.1, -0.05) is 0 Å². The molecule has 1 aliphatic rings. The van der Waals surface area contributed by atoms with E-state index in [0.29, 0.717) is 18.0 Å². The summed E-state index contributed by atoms with van der Waals surface area (Å²) >= 11 is 0. The van der Waals surface area contributed by atoms with E-state index in [1.165, 1.54) is 0 Å². The summed E-state index contributed by atoms with van der Waals surface area (Å²) in [7, 11) is -1.45. The van der Waals surface area contributed by atoms with Gasteiger partial charge >= 0.3 is 0 Å². The quantitative estimate of drug-likeness (QED) is 0.849. The van der Waals surface area contributed by atoms with E-state index in [0.717, 1.165) is 30.0 Å². The Kier molecular flexibility index (Phi) is 5.14. The first-order valence-electron chi connectivity index (χ1n) is 7.71. The smallest absolute Gasteiger partial charge is 0.243 e. The van der Waals surface area contributed by atoms with Crippen LogP contribution in [-0.4, -0.2) is 57.0 Å². The molecule has 0 saturated carbocycles. The Balaban J connectivity index is 2.39. The minimum Gasteiger partial charge on any atom is -0.494 e. The molecule has 1 aromatic carbocycles. The Morgan fingerprint density at radius 3 is 2.50 bits per heavy atom. The molecular formula is C16H26N2O3S. The van der Waals surface area contributed by atoms with Gasteiger partial charge in [0, 0.05) is 25.7 Å². The fourth-order valence-electron chi connectivity index (χ4n) is 2.96. The van der Waals surface area contributed by atoms with E-state index in [-0.39, 0.29) is 6.04 Å². The number of rotatable bonds is 4. The van der Waals surface area contributed by atoms with Gasteiger partial charge in [-0.15, -0.1) is 0 Å². The van der Waals surface area contributed by atoms with Crippen LogP contribution >= 0.6 is 0 Å². The first kappa shape index (κ1) is 17.2. The second kappa shape index (κ2) is 6.56. The molecule has 1 fully saturated rings. The van der Waals surface area contributed by atoms with Gasteiger partial charge in [0.15, 0.2) is 0 Å². The largest absolute Gasteiger partial charge is 0.494 e. The standard InChI is InChI=1S/C16H26N2O3S/c1-6-21-15-9-13(3)16(10-12(15)2)22(19,20)18-8-7-17(5)11-14(18)4/h9-10,14H,6-8,11H2,1-5H3. The number of aryl methyl sites for hydroxylation is 2. The molecule has 1 saturated heterocycles. The topological polar surface area (TPSA) is 49.9 Å². The lowest BCUT2D eigenvalue weighted by atomic mass is 10.1. The summed E-state index contributed by atoms with van der Waals surface area (Å²) < 4.78 is 33.2. The Labute approximate surface area is 133 Å². The predicted molar refractivity (Wildman–Crippen MR) is 87.9 cm³/mol. The molecule has 0 spiro atoms. The number of ether oxygens (including phenoxy) is 1. The van der Waals surface area contributed by atoms with E-state index in [1.54, 1.807) is 10.4 Å². The van der Waals surface area contributed by atoms with Crippen LogP contribution in [0.15, 0.2) is 17.0 Å². The highest BCUT2D eigenvalue weighted by atomic mass is 32.2. The predicted octanol–water partition coefficient (Wildman–Crippen LogP) is 2.03. The number of piperazine rings is 1. The molecule has 1 aromatic rings. The number of hydrogen-bond acceptors (Lipinski definition) is 4. The van der Waals surface area contributed by atoms with Crippen molar-refractivity contribution in [1.82, 2.24) is 9.21 Å². The molecule has 22 heavy (non-hydrogen) atoms. The van der Waals surface area contributed by atoms with Gasteiger partial charge in [0.1, 0.15) is 5.75 Å². The molecule has 1 unspecified atom stereocenters. The van der Waals surface area contributed by atoms with E-state index < -0.39 is 10.0 Å². The highest BCUT2D eigenvalue weighted by Gasteiger charge is 2.33. The van der Waals surface area contributed by atoms with Crippen LogP contribution in [0.4, 0.5) is 0 Å². The number of nitrogens with zero attached hydrogens (tertiary/aromatic N) is 2. The molecule has 0 bridgehead atoms. The zero-order chi connectivity index (χ0) is 16.5. The molecule has 1 aliphatic heterocycles. The van der Waals surface area contributed by atoms with E-state index in [2.05, 4.69) is 4.90 Å². The zero-order valence-corrected chi connectivity index (χ0v) is 14.9. The van der Waals surface area contributed by atoms with Gasteiger partial charge in [0.05, 0.1) is 11.5 Å². The lowest BCUT2D eigenvalue weighted by molar-refractivity contribution is 0.170. The van der Waals surface area contributed by atoms with Crippen molar-refractivity contribution in [2.45, 2.75) is 38.6 Å². The van der Waals surface area contributed by atoms with Gasteiger partial charge < -0.3 is 9.64 Å². The fraction of sp³-hybridized carbons (Fsp3) is 0.625. The van der Waals surface area contributed by atoms with Crippen LogP contribution in [0.1, 0.15) is 25.0 Å². The normalized spacial score (nSPS) is 21.0. The SMILES string of the molecule is CCOc1cc(C)c(S(=O)(=O)N2CCN(C)CC2C)cc1C. The molecule has 0 N–H and O–H groups in total. The number of sulfonamides is 1. The molecule has 0 aromatic heterocycles. The van der Waals surface area contributed by atoms with Crippen LogP contribution in [-0.2, 0) is 10.0 Å². The molecule has 0 amide bonds. The average Bonchev–Trinajstić information content (AvgIpc) is 2.42. The van der Waals surface area contributed by atoms with Gasteiger partial charge in [-0.05, 0) is 58.0 Å². The minimum atomic E-state index is -3.47. The second-order valence-corrected chi connectivity index (χ2v) is 7.90. The second-order valence-electron chi connectivity index (χ2n) is 6.04. The molecule has 6 heteroatoms. The number of likely N-dealkylation sites (N-methyl/N-ethyl adjacent to an activating group) is 1. The third kappa shape index (κ3) is 3.29. The fourth-order valence-corrected chi connectivity index (χ4v) is 4.87. The average molecular weight is 326 g/mol. The van der Waals surface area contributed by atoms with Crippen LogP contribution in [0.2, 0.25) is 0 Å². The van der Waals surface area contributed by atoms with Crippen LogP contribution in [0.5, 0.6) is 5.75 Å². The lowest BCUT2D eigenvalue weighted by Gasteiger charge is -2.37. The molecule has 0 aliphatic carbocycles. The van der Waals surface area contributed by atoms with E-state index in [9.17, 15) is 8.42 Å². The third-order valence-electron chi connectivity index (χ3n) is 4.13. The Bertz CT molecular complexity index is 643. The molecule has 5 nitrogen and oxygen atoms in total. The van der Waals surface area contributed by atoms with Crippen LogP contribution in [0.3, 0.4) is 0 Å². The molecule has 1 atom stereocenters. The van der Waals surface area contributed by atoms with E-state index in [1.807, 2.05) is 40.8 Å². The Morgan fingerprint density at radius 1 is 1.23 bits per heavy atom. The highest BCUT2D eigenvalue weighted by Crippen LogP contribution is 2.29. The molecule has 2 rings (SSSR count). The summed E-state index contributed by atoms with van der Waals surface area (Å²) in [5, 5.41) is 0. The Hall–Kier alpha value is -1.11. The molecule has 1 heterocycles. The maximum atomic E-state index is 13.0. The maximum Gasteiger partial charge on any atom is 0.243 e. The summed E-state index contributed by atoms with van der Waals surface area (Å²) in [6.45, 7) is 10.2. The monoisotopic (exact) mass is 326 g/mol. The summed E-state index contributed by atoms with van der Waals surface area (Å²) in [5.74, 6) is 0.755. The summed E-state index contributed by atoms with van der Waals surface area (Å²) in [4.78, 5) is 2.55. The number of hydrogen-bond donors (Lipinski definition) is 0. The number of benzene rings is 1. The van der Waals surface area contributed by atoms with Crippen LogP contribution in [0, 0.1) is 13.8 Å². The lowest BCUT2D eigenvalue weighted by Crippen LogP contribution is -2.52. The third-order valence-corrected chi connectivity index (χ3v) is 6.28. The van der Waals surface area contributed by atoms with Crippen molar-refractivity contribution < 1.29 is 13.2 Å². The van der Waals surface area contributed by atoms with Crippen molar-refractivity contribution in [1.29, 1.82) is 0 Å². The molecular weight excluding hydrogens is 300 g/mol. The van der Waals surface area contributed by atoms with Gasteiger partial charge in [-0.25, -0.2) is 8.42 Å². The first-order chi connectivity index (χ1) is 10.3. The van der Waals surface area contributed by atoms with Crippen molar-refractivity contribution in [3.05, 3.63) is 23.3 Å². The van der Waals surface area contributed by atoms with Gasteiger partial charge in [-0.2, -0.15) is 4.31 Å². The summed E-state index contributed by atoms with van der Waals surface area (Å²) in [6.07, 6.45) is 0. The summed E-state index contributed by atoms with van der Waals surface area (Å²) in [6, 6.07) is 3.54.